The van der Waals surface area contributed by atoms with Crippen LogP contribution in [0.25, 0.3) is 15.2 Å². The second-order valence-corrected chi connectivity index (χ2v) is 11.7. The van der Waals surface area contributed by atoms with Gasteiger partial charge in [-0.2, -0.15) is 10.2 Å². The number of ether oxygens (including phenoxy) is 1. The lowest BCUT2D eigenvalue weighted by Gasteiger charge is -2.28. The van der Waals surface area contributed by atoms with E-state index in [1.807, 2.05) is 13.8 Å². The van der Waals surface area contributed by atoms with Gasteiger partial charge in [-0.05, 0) is 56.9 Å². The largest absolute Gasteiger partial charge is 0.394 e. The molecule has 3 heterocycles. The van der Waals surface area contributed by atoms with Crippen LogP contribution in [0.1, 0.15) is 56.9 Å². The number of aromatic nitrogens is 5. The molecule has 0 fully saturated rings. The molecule has 0 saturated heterocycles. The molecule has 4 aromatic rings. The number of nitrogens with zero attached hydrogens (tertiary/aromatic N) is 5. The van der Waals surface area contributed by atoms with Gasteiger partial charge in [0.2, 0.25) is 0 Å². The van der Waals surface area contributed by atoms with Gasteiger partial charge < -0.3 is 9.84 Å². The van der Waals surface area contributed by atoms with Crippen LogP contribution < -0.4 is 11.2 Å². The van der Waals surface area contributed by atoms with Crippen molar-refractivity contribution in [3.63, 3.8) is 0 Å². The Morgan fingerprint density at radius 3 is 2.48 bits per heavy atom. The van der Waals surface area contributed by atoms with E-state index >= 15 is 0 Å². The first kappa shape index (κ1) is 29.5. The predicted molar refractivity (Wildman–Crippen MR) is 151 cm³/mol. The fraction of sp³-hybridized carbons (Fsp3) is 0.464. The van der Waals surface area contributed by atoms with Crippen LogP contribution in [0, 0.1) is 25.6 Å². The summed E-state index contributed by atoms with van der Waals surface area (Å²) in [5.41, 5.74) is -0.913. The third kappa shape index (κ3) is 5.43. The molecular weight excluding hydrogens is 537 g/mol. The van der Waals surface area contributed by atoms with Crippen LogP contribution in [0.5, 0.6) is 0 Å². The fourth-order valence-electron chi connectivity index (χ4n) is 4.81. The number of halogens is 1. The molecule has 0 radical (unpaired) electrons. The van der Waals surface area contributed by atoms with Crippen molar-refractivity contribution in [2.45, 2.75) is 66.2 Å². The van der Waals surface area contributed by atoms with Gasteiger partial charge in [0.25, 0.3) is 5.56 Å². The zero-order valence-electron chi connectivity index (χ0n) is 23.5. The molecule has 0 saturated carbocycles. The van der Waals surface area contributed by atoms with Crippen molar-refractivity contribution in [1.82, 2.24) is 24.1 Å². The highest BCUT2D eigenvalue weighted by Crippen LogP contribution is 2.33. The Morgan fingerprint density at radius 1 is 1.18 bits per heavy atom. The molecule has 0 amide bonds. The summed E-state index contributed by atoms with van der Waals surface area (Å²) in [7, 11) is 0. The standard InChI is InChI=1S/C28H34FN5O5S/c1-16(2)13-22(36)28(5,6)33-24(37)23-18(4)25(34-30-9-10-31-34)40-26(23)32(27(33)38)15-21(39-12-11-35)20-14-19(29)8-7-17(20)3/h7-10,14,16,21,35H,11-13,15H2,1-6H3/t21-/m0/s1. The fourth-order valence-corrected chi connectivity index (χ4v) is 6.02. The lowest BCUT2D eigenvalue weighted by Crippen LogP contribution is -2.53. The summed E-state index contributed by atoms with van der Waals surface area (Å²) in [6.07, 6.45) is 2.37. The van der Waals surface area contributed by atoms with E-state index in [4.69, 9.17) is 4.74 Å². The van der Waals surface area contributed by atoms with Gasteiger partial charge >= 0.3 is 5.69 Å². The Hall–Kier alpha value is -3.48. The van der Waals surface area contributed by atoms with Crippen LogP contribution >= 0.6 is 11.3 Å². The number of ketones is 1. The second kappa shape index (κ2) is 11.6. The lowest BCUT2D eigenvalue weighted by molar-refractivity contribution is -0.127. The Bertz CT molecular complexity index is 1650. The number of aliphatic hydroxyl groups excluding tert-OH is 1. The molecule has 0 aliphatic heterocycles. The van der Waals surface area contributed by atoms with Crippen LogP contribution in [0.2, 0.25) is 0 Å². The Balaban J connectivity index is 2.03. The van der Waals surface area contributed by atoms with Crippen LogP contribution in [0.3, 0.4) is 0 Å². The molecule has 4 rings (SSSR count). The summed E-state index contributed by atoms with van der Waals surface area (Å²) in [6.45, 7) is 10.1. The Labute approximate surface area is 234 Å². The van der Waals surface area contributed by atoms with Crippen LogP contribution in [-0.4, -0.2) is 48.2 Å². The van der Waals surface area contributed by atoms with E-state index in [1.54, 1.807) is 33.8 Å². The minimum Gasteiger partial charge on any atom is -0.394 e. The maximum absolute atomic E-state index is 14.3. The SMILES string of the molecule is Cc1ccc(F)cc1[C@H](Cn1c(=O)n(C(C)(C)C(=O)CC(C)C)c(=O)c2c(C)c(-n3nccn3)sc21)OCCO. The molecule has 0 aliphatic carbocycles. The third-order valence-electron chi connectivity index (χ3n) is 6.97. The van der Waals surface area contributed by atoms with Crippen molar-refractivity contribution in [3.8, 4) is 5.00 Å². The van der Waals surface area contributed by atoms with E-state index in [2.05, 4.69) is 10.2 Å². The summed E-state index contributed by atoms with van der Waals surface area (Å²) in [5.74, 6) is -0.690. The number of carbonyl (C=O) groups is 1. The molecule has 10 nitrogen and oxygen atoms in total. The van der Waals surface area contributed by atoms with Crippen molar-refractivity contribution in [2.24, 2.45) is 5.92 Å². The average molecular weight is 572 g/mol. The normalized spacial score (nSPS) is 12.9. The maximum atomic E-state index is 14.3. The smallest absolute Gasteiger partial charge is 0.333 e. The maximum Gasteiger partial charge on any atom is 0.333 e. The van der Waals surface area contributed by atoms with Crippen molar-refractivity contribution in [3.05, 3.63) is 73.9 Å². The summed E-state index contributed by atoms with van der Waals surface area (Å²) in [4.78, 5) is 43.3. The number of thiophene rings is 1. The van der Waals surface area contributed by atoms with Gasteiger partial charge in [0.1, 0.15) is 27.3 Å². The minimum absolute atomic E-state index is 0.0287. The first-order valence-corrected chi connectivity index (χ1v) is 13.9. The van der Waals surface area contributed by atoms with Crippen LogP contribution in [0.15, 0.2) is 40.2 Å². The molecule has 40 heavy (non-hydrogen) atoms. The van der Waals surface area contributed by atoms with Gasteiger partial charge in [-0.3, -0.25) is 14.2 Å². The predicted octanol–water partition coefficient (Wildman–Crippen LogP) is 3.66. The zero-order chi connectivity index (χ0) is 29.4. The molecule has 1 atom stereocenters. The number of aliphatic hydroxyl groups is 1. The highest BCUT2D eigenvalue weighted by molar-refractivity contribution is 7.21. The number of rotatable bonds is 11. The number of hydrogen-bond acceptors (Lipinski definition) is 8. The molecule has 0 unspecified atom stereocenters. The first-order valence-electron chi connectivity index (χ1n) is 13.1. The second-order valence-electron chi connectivity index (χ2n) is 10.7. The van der Waals surface area contributed by atoms with E-state index in [9.17, 15) is 23.9 Å². The molecule has 3 aromatic heterocycles. The summed E-state index contributed by atoms with van der Waals surface area (Å²) >= 11 is 1.17. The average Bonchev–Trinajstić information content (AvgIpc) is 3.53. The third-order valence-corrected chi connectivity index (χ3v) is 8.25. The van der Waals surface area contributed by atoms with Crippen molar-refractivity contribution in [2.75, 3.05) is 13.2 Å². The summed E-state index contributed by atoms with van der Waals surface area (Å²) in [5, 5.41) is 18.7. The molecule has 0 bridgehead atoms. The van der Waals surface area contributed by atoms with Crippen LogP contribution in [0.4, 0.5) is 4.39 Å². The van der Waals surface area contributed by atoms with E-state index in [1.165, 1.54) is 45.2 Å². The Kier molecular flexibility index (Phi) is 8.52. The van der Waals surface area contributed by atoms with Crippen molar-refractivity contribution in [1.29, 1.82) is 0 Å². The lowest BCUT2D eigenvalue weighted by atomic mass is 9.91. The number of hydrogen-bond donors (Lipinski definition) is 1. The molecule has 1 N–H and O–H groups in total. The number of benzene rings is 1. The van der Waals surface area contributed by atoms with Gasteiger partial charge in [-0.25, -0.2) is 13.8 Å². The Morgan fingerprint density at radius 2 is 1.85 bits per heavy atom. The first-order chi connectivity index (χ1) is 18.9. The molecule has 12 heteroatoms. The zero-order valence-corrected chi connectivity index (χ0v) is 24.3. The quantitative estimate of drug-likeness (QED) is 0.292. The summed E-state index contributed by atoms with van der Waals surface area (Å²) in [6, 6.07) is 4.29. The molecule has 0 spiro atoms. The van der Waals surface area contributed by atoms with Crippen molar-refractivity contribution >= 4 is 27.3 Å². The van der Waals surface area contributed by atoms with E-state index in [-0.39, 0.29) is 43.3 Å². The number of aryl methyl sites for hydroxylation is 2. The topological polar surface area (TPSA) is 121 Å². The van der Waals surface area contributed by atoms with Gasteiger partial charge in [-0.1, -0.05) is 31.3 Å². The van der Waals surface area contributed by atoms with Gasteiger partial charge in [-0.15, -0.1) is 4.80 Å². The van der Waals surface area contributed by atoms with Gasteiger partial charge in [0, 0.05) is 12.0 Å². The van der Waals surface area contributed by atoms with Crippen molar-refractivity contribution < 1.29 is 19.0 Å². The number of Topliss-reactive ketones (excluding diaryl/α,β-unsaturated/α-hetero) is 1. The highest BCUT2D eigenvalue weighted by Gasteiger charge is 2.36. The van der Waals surface area contributed by atoms with E-state index in [0.717, 1.165) is 10.1 Å². The number of carbonyl (C=O) groups excluding carboxylic acids is 1. The van der Waals surface area contributed by atoms with E-state index in [0.29, 0.717) is 21.0 Å². The molecule has 0 aliphatic rings. The van der Waals surface area contributed by atoms with Crippen LogP contribution in [-0.2, 0) is 21.6 Å². The summed E-state index contributed by atoms with van der Waals surface area (Å²) < 4.78 is 22.7. The van der Waals surface area contributed by atoms with E-state index < -0.39 is 28.7 Å². The molecule has 1 aromatic carbocycles. The number of fused-ring (bicyclic) bond motifs is 1. The monoisotopic (exact) mass is 571 g/mol. The highest BCUT2D eigenvalue weighted by atomic mass is 32.1. The van der Waals surface area contributed by atoms with Gasteiger partial charge in [0.15, 0.2) is 5.78 Å². The molecule has 214 valence electrons. The minimum atomic E-state index is -1.44. The molecular formula is C28H34FN5O5S. The van der Waals surface area contributed by atoms with Gasteiger partial charge in [0.05, 0.1) is 37.5 Å².